The van der Waals surface area contributed by atoms with Crippen molar-refractivity contribution < 1.29 is 44.2 Å². The summed E-state index contributed by atoms with van der Waals surface area (Å²) in [4.78, 5) is 26.3. The first-order chi connectivity index (χ1) is 23.7. The van der Waals surface area contributed by atoms with Crippen molar-refractivity contribution in [3.8, 4) is 45.8 Å². The van der Waals surface area contributed by atoms with Crippen LogP contribution in [0.5, 0.6) is 23.0 Å². The molecule has 0 saturated carbocycles. The second-order valence-corrected chi connectivity index (χ2v) is 11.2. The van der Waals surface area contributed by atoms with E-state index in [1.165, 1.54) is 12.1 Å². The third-order valence-corrected chi connectivity index (χ3v) is 7.05. The fourth-order valence-corrected chi connectivity index (χ4v) is 4.61. The number of aromatic nitrogens is 3. The van der Waals surface area contributed by atoms with E-state index in [1.807, 2.05) is 13.8 Å². The summed E-state index contributed by atoms with van der Waals surface area (Å²) in [6.07, 6.45) is 0.280. The van der Waals surface area contributed by atoms with E-state index in [-0.39, 0.29) is 72.4 Å². The lowest BCUT2D eigenvalue weighted by Crippen LogP contribution is -2.23. The zero-order chi connectivity index (χ0) is 35.2. The van der Waals surface area contributed by atoms with Crippen LogP contribution in [0, 0.1) is 0 Å². The molecule has 0 aliphatic carbocycles. The average molecular weight is 677 g/mol. The van der Waals surface area contributed by atoms with Crippen LogP contribution in [0.1, 0.15) is 50.4 Å². The van der Waals surface area contributed by atoms with Crippen LogP contribution in [0.3, 0.4) is 0 Å². The highest BCUT2D eigenvalue weighted by Crippen LogP contribution is 2.35. The molecule has 1 aromatic heterocycles. The molecule has 13 heteroatoms. The van der Waals surface area contributed by atoms with E-state index < -0.39 is 12.2 Å². The number of hydrogen-bond acceptors (Lipinski definition) is 13. The summed E-state index contributed by atoms with van der Waals surface area (Å²) in [5, 5.41) is 45.4. The summed E-state index contributed by atoms with van der Waals surface area (Å²) in [6, 6.07) is 16.1. The molecule has 0 bridgehead atoms. The topological polar surface area (TPSA) is 186 Å². The van der Waals surface area contributed by atoms with Crippen molar-refractivity contribution in [1.29, 1.82) is 0 Å². The standard InChI is InChI=1S/C36H44N4O9/c1-4-15-46-19-23(41)21-48-25-11-13-28(32(44)17-25)34-38-35(40-36(39-34)37-30-10-8-7-9-27(30)31(43)6-3)29-14-12-26(18-33(29)45)49-22-24(42)20-47-16-5-2/h7-14,17-18,23-24,41-42,44-45H,4-6,15-16,19-22H2,1-3H3,(H,37,38,39,40). The molecule has 49 heavy (non-hydrogen) atoms. The van der Waals surface area contributed by atoms with Crippen LogP contribution in [0.25, 0.3) is 22.8 Å². The monoisotopic (exact) mass is 676 g/mol. The number of aliphatic hydroxyl groups excluding tert-OH is 2. The van der Waals surface area contributed by atoms with Gasteiger partial charge in [0.1, 0.15) is 48.4 Å². The molecule has 2 unspecified atom stereocenters. The minimum Gasteiger partial charge on any atom is -0.507 e. The van der Waals surface area contributed by atoms with Gasteiger partial charge in [0.05, 0.1) is 30.0 Å². The number of phenols is 2. The predicted molar refractivity (Wildman–Crippen MR) is 184 cm³/mol. The van der Waals surface area contributed by atoms with Crippen LogP contribution in [0.2, 0.25) is 0 Å². The number of phenolic OH excluding ortho intramolecular Hbond substituents is 2. The number of carbonyl (C=O) groups is 1. The van der Waals surface area contributed by atoms with Crippen molar-refractivity contribution in [3.63, 3.8) is 0 Å². The Morgan fingerprint density at radius 1 is 0.714 bits per heavy atom. The summed E-state index contributed by atoms with van der Waals surface area (Å²) in [7, 11) is 0. The lowest BCUT2D eigenvalue weighted by atomic mass is 10.1. The Kier molecular flexibility index (Phi) is 14.1. The summed E-state index contributed by atoms with van der Waals surface area (Å²) in [5.74, 6) is 0.333. The number of aromatic hydroxyl groups is 2. The number of ether oxygens (including phenoxy) is 4. The van der Waals surface area contributed by atoms with Crippen LogP contribution < -0.4 is 14.8 Å². The van der Waals surface area contributed by atoms with E-state index in [2.05, 4.69) is 20.3 Å². The minimum absolute atomic E-state index is 0.0348. The Morgan fingerprint density at radius 3 is 1.69 bits per heavy atom. The third kappa shape index (κ3) is 10.8. The molecule has 13 nitrogen and oxygen atoms in total. The van der Waals surface area contributed by atoms with Gasteiger partial charge in [-0.1, -0.05) is 32.9 Å². The Hall–Kier alpha value is -4.82. The van der Waals surface area contributed by atoms with Gasteiger partial charge in [-0.3, -0.25) is 4.79 Å². The van der Waals surface area contributed by atoms with Crippen molar-refractivity contribution in [3.05, 3.63) is 66.2 Å². The number of hydrogen-bond donors (Lipinski definition) is 5. The van der Waals surface area contributed by atoms with Gasteiger partial charge in [0.25, 0.3) is 0 Å². The van der Waals surface area contributed by atoms with Gasteiger partial charge in [0.2, 0.25) is 5.95 Å². The van der Waals surface area contributed by atoms with Gasteiger partial charge in [-0.15, -0.1) is 0 Å². The van der Waals surface area contributed by atoms with E-state index >= 15 is 0 Å². The average Bonchev–Trinajstić information content (AvgIpc) is 3.10. The third-order valence-electron chi connectivity index (χ3n) is 7.05. The van der Waals surface area contributed by atoms with Gasteiger partial charge in [-0.05, 0) is 49.2 Å². The Morgan fingerprint density at radius 2 is 1.22 bits per heavy atom. The summed E-state index contributed by atoms with van der Waals surface area (Å²) < 4.78 is 22.0. The number of carbonyl (C=O) groups excluding carboxylic acids is 1. The fourth-order valence-electron chi connectivity index (χ4n) is 4.61. The number of nitrogens with zero attached hydrogens (tertiary/aromatic N) is 3. The molecule has 0 spiro atoms. The molecule has 262 valence electrons. The van der Waals surface area contributed by atoms with Crippen LogP contribution in [0.4, 0.5) is 11.6 Å². The van der Waals surface area contributed by atoms with Crippen molar-refractivity contribution in [2.45, 2.75) is 52.2 Å². The SMILES string of the molecule is CCCOCC(O)COc1ccc(-c2nc(Nc3ccccc3C(=O)CC)nc(-c3ccc(OCC(O)COCCC)cc3O)n2)c(O)c1. The number of rotatable bonds is 20. The van der Waals surface area contributed by atoms with Gasteiger partial charge < -0.3 is 44.7 Å². The number of Topliss-reactive ketones (excluding diaryl/α,β-unsaturated/α-hetero) is 1. The van der Waals surface area contributed by atoms with Crippen LogP contribution in [0.15, 0.2) is 60.7 Å². The molecule has 0 aliphatic heterocycles. The van der Waals surface area contributed by atoms with Gasteiger partial charge in [0.15, 0.2) is 17.4 Å². The molecule has 0 aliphatic rings. The highest BCUT2D eigenvalue weighted by molar-refractivity contribution is 6.01. The van der Waals surface area contributed by atoms with Crippen molar-refractivity contribution in [2.24, 2.45) is 0 Å². The van der Waals surface area contributed by atoms with Crippen LogP contribution >= 0.6 is 0 Å². The molecule has 2 atom stereocenters. The van der Waals surface area contributed by atoms with Crippen molar-refractivity contribution in [2.75, 3.05) is 45.0 Å². The minimum atomic E-state index is -0.843. The van der Waals surface area contributed by atoms with Crippen molar-refractivity contribution in [1.82, 2.24) is 15.0 Å². The summed E-state index contributed by atoms with van der Waals surface area (Å²) in [6.45, 7) is 6.98. The highest BCUT2D eigenvalue weighted by atomic mass is 16.5. The molecule has 0 amide bonds. The fraction of sp³-hybridized carbons (Fsp3) is 0.389. The van der Waals surface area contributed by atoms with Crippen LogP contribution in [-0.4, -0.2) is 93.0 Å². The predicted octanol–water partition coefficient (Wildman–Crippen LogP) is 5.29. The van der Waals surface area contributed by atoms with Crippen LogP contribution in [-0.2, 0) is 9.47 Å². The van der Waals surface area contributed by atoms with Gasteiger partial charge in [-0.2, -0.15) is 9.97 Å². The van der Waals surface area contributed by atoms with Gasteiger partial charge in [0, 0.05) is 37.3 Å². The molecule has 3 aromatic carbocycles. The molecule has 0 fully saturated rings. The molecule has 5 N–H and O–H groups in total. The quantitative estimate of drug-likeness (QED) is 0.0602. The molecule has 0 saturated heterocycles. The van der Waals surface area contributed by atoms with E-state index in [9.17, 15) is 25.2 Å². The van der Waals surface area contributed by atoms with E-state index in [0.29, 0.717) is 42.4 Å². The maximum atomic E-state index is 12.6. The van der Waals surface area contributed by atoms with E-state index in [0.717, 1.165) is 12.8 Å². The lowest BCUT2D eigenvalue weighted by Gasteiger charge is -2.15. The molecule has 4 aromatic rings. The second-order valence-electron chi connectivity index (χ2n) is 11.2. The highest BCUT2D eigenvalue weighted by Gasteiger charge is 2.19. The normalized spacial score (nSPS) is 12.3. The molecular weight excluding hydrogens is 632 g/mol. The molecular formula is C36H44N4O9. The van der Waals surface area contributed by atoms with E-state index in [1.54, 1.807) is 55.5 Å². The Balaban J connectivity index is 1.64. The Labute approximate surface area is 285 Å². The first-order valence-electron chi connectivity index (χ1n) is 16.3. The maximum Gasteiger partial charge on any atom is 0.231 e. The smallest absolute Gasteiger partial charge is 0.231 e. The zero-order valence-electron chi connectivity index (χ0n) is 28.0. The lowest BCUT2D eigenvalue weighted by molar-refractivity contribution is 0.0123. The number of aliphatic hydroxyl groups is 2. The first kappa shape index (κ1) is 37.0. The van der Waals surface area contributed by atoms with Gasteiger partial charge in [-0.25, -0.2) is 4.98 Å². The number of anilines is 2. The second kappa shape index (κ2) is 18.7. The number of benzene rings is 3. The van der Waals surface area contributed by atoms with Crippen molar-refractivity contribution >= 4 is 17.4 Å². The summed E-state index contributed by atoms with van der Waals surface area (Å²) >= 11 is 0. The molecule has 0 radical (unpaired) electrons. The number of para-hydroxylation sites is 1. The number of nitrogens with one attached hydrogen (secondary N) is 1. The van der Waals surface area contributed by atoms with Gasteiger partial charge >= 0.3 is 0 Å². The molecule has 4 rings (SSSR count). The van der Waals surface area contributed by atoms with E-state index in [4.69, 9.17) is 18.9 Å². The first-order valence-corrected chi connectivity index (χ1v) is 16.3. The number of ketones is 1. The zero-order valence-corrected chi connectivity index (χ0v) is 28.0. The maximum absolute atomic E-state index is 12.6. The molecule has 1 heterocycles. The Bertz CT molecular complexity index is 1580. The largest absolute Gasteiger partial charge is 0.507 e. The summed E-state index contributed by atoms with van der Waals surface area (Å²) in [5.41, 5.74) is 1.40.